The molecule has 1 aliphatic heterocycles. The molecule has 0 saturated heterocycles. The Morgan fingerprint density at radius 1 is 1.16 bits per heavy atom. The van der Waals surface area contributed by atoms with Gasteiger partial charge in [0.1, 0.15) is 0 Å². The van der Waals surface area contributed by atoms with Gasteiger partial charge in [-0.25, -0.2) is 4.79 Å². The molecule has 0 aliphatic carbocycles. The molecule has 0 aromatic heterocycles. The lowest BCUT2D eigenvalue weighted by atomic mass is 10.0. The zero-order chi connectivity index (χ0) is 17.8. The Kier molecular flexibility index (Phi) is 5.53. The number of hydrogen-bond donors (Lipinski definition) is 0. The standard InChI is InChI=1S/C20H20BrNO3/c1-2-11-25-20(24)15-5-3-14(4-6-15)13-22-18-9-8-17(21)12-16(18)7-10-19(22)23/h3-6,8-9,12H,2,7,10-11,13H2,1H3. The molecular weight excluding hydrogens is 382 g/mol. The van der Waals surface area contributed by atoms with Crippen LogP contribution < -0.4 is 4.90 Å². The van der Waals surface area contributed by atoms with Crippen molar-refractivity contribution in [3.05, 3.63) is 63.6 Å². The van der Waals surface area contributed by atoms with Gasteiger partial charge in [0.05, 0.1) is 18.7 Å². The fourth-order valence-corrected chi connectivity index (χ4v) is 3.32. The fourth-order valence-electron chi connectivity index (χ4n) is 2.91. The van der Waals surface area contributed by atoms with Crippen molar-refractivity contribution in [2.45, 2.75) is 32.7 Å². The maximum Gasteiger partial charge on any atom is 0.338 e. The lowest BCUT2D eigenvalue weighted by Gasteiger charge is -2.29. The summed E-state index contributed by atoms with van der Waals surface area (Å²) in [4.78, 5) is 26.1. The second kappa shape index (κ2) is 7.83. The first-order valence-corrected chi connectivity index (χ1v) is 9.22. The highest BCUT2D eigenvalue weighted by molar-refractivity contribution is 9.10. The molecule has 0 N–H and O–H groups in total. The molecule has 4 nitrogen and oxygen atoms in total. The molecule has 3 rings (SSSR count). The maximum absolute atomic E-state index is 12.4. The zero-order valence-electron chi connectivity index (χ0n) is 14.1. The number of ether oxygens (including phenoxy) is 1. The van der Waals surface area contributed by atoms with Crippen molar-refractivity contribution < 1.29 is 14.3 Å². The van der Waals surface area contributed by atoms with E-state index in [2.05, 4.69) is 22.0 Å². The van der Waals surface area contributed by atoms with Gasteiger partial charge < -0.3 is 9.64 Å². The van der Waals surface area contributed by atoms with Crippen molar-refractivity contribution in [1.29, 1.82) is 0 Å². The molecule has 2 aromatic rings. The number of esters is 1. The molecule has 0 spiro atoms. The Hall–Kier alpha value is -2.14. The molecule has 25 heavy (non-hydrogen) atoms. The van der Waals surface area contributed by atoms with Crippen LogP contribution in [0.15, 0.2) is 46.9 Å². The first-order valence-electron chi connectivity index (χ1n) is 8.43. The van der Waals surface area contributed by atoms with Crippen LogP contribution in [0.4, 0.5) is 5.69 Å². The van der Waals surface area contributed by atoms with Crippen molar-refractivity contribution in [2.24, 2.45) is 0 Å². The van der Waals surface area contributed by atoms with Gasteiger partial charge in [-0.1, -0.05) is 35.0 Å². The number of anilines is 1. The number of nitrogens with zero attached hydrogens (tertiary/aromatic N) is 1. The first kappa shape index (κ1) is 17.7. The van der Waals surface area contributed by atoms with Gasteiger partial charge in [0.25, 0.3) is 0 Å². The third-order valence-corrected chi connectivity index (χ3v) is 4.70. The van der Waals surface area contributed by atoms with Gasteiger partial charge in [-0.2, -0.15) is 0 Å². The third-order valence-electron chi connectivity index (χ3n) is 4.21. The highest BCUT2D eigenvalue weighted by atomic mass is 79.9. The summed E-state index contributed by atoms with van der Waals surface area (Å²) in [5, 5.41) is 0. The predicted octanol–water partition coefficient (Wildman–Crippen LogP) is 4.50. The summed E-state index contributed by atoms with van der Waals surface area (Å²) < 4.78 is 6.16. The summed E-state index contributed by atoms with van der Waals surface area (Å²) in [5.74, 6) is -0.182. The van der Waals surface area contributed by atoms with Crippen molar-refractivity contribution in [2.75, 3.05) is 11.5 Å². The fraction of sp³-hybridized carbons (Fsp3) is 0.300. The van der Waals surface area contributed by atoms with E-state index in [-0.39, 0.29) is 11.9 Å². The van der Waals surface area contributed by atoms with Crippen molar-refractivity contribution in [3.8, 4) is 0 Å². The van der Waals surface area contributed by atoms with Gasteiger partial charge in [0.15, 0.2) is 0 Å². The molecule has 0 fully saturated rings. The summed E-state index contributed by atoms with van der Waals surface area (Å²) in [5.41, 5.74) is 3.65. The second-order valence-electron chi connectivity index (χ2n) is 6.09. The van der Waals surface area contributed by atoms with E-state index in [9.17, 15) is 9.59 Å². The number of amides is 1. The number of fused-ring (bicyclic) bond motifs is 1. The van der Waals surface area contributed by atoms with Crippen LogP contribution in [-0.2, 0) is 22.5 Å². The van der Waals surface area contributed by atoms with E-state index in [1.807, 2.05) is 36.1 Å². The Morgan fingerprint density at radius 2 is 1.92 bits per heavy atom. The summed E-state index contributed by atoms with van der Waals surface area (Å²) in [6.45, 7) is 2.88. The van der Waals surface area contributed by atoms with Gasteiger partial charge in [0, 0.05) is 16.6 Å². The Morgan fingerprint density at radius 3 is 2.64 bits per heavy atom. The zero-order valence-corrected chi connectivity index (χ0v) is 15.7. The molecule has 0 bridgehead atoms. The topological polar surface area (TPSA) is 46.6 Å². The van der Waals surface area contributed by atoms with Crippen LogP contribution in [0.2, 0.25) is 0 Å². The molecule has 2 aromatic carbocycles. The van der Waals surface area contributed by atoms with E-state index in [1.54, 1.807) is 12.1 Å². The van der Waals surface area contributed by atoms with E-state index in [4.69, 9.17) is 4.74 Å². The van der Waals surface area contributed by atoms with Gasteiger partial charge >= 0.3 is 5.97 Å². The third kappa shape index (κ3) is 4.10. The van der Waals surface area contributed by atoms with E-state index in [1.165, 1.54) is 5.56 Å². The van der Waals surface area contributed by atoms with Gasteiger partial charge in [0.2, 0.25) is 5.91 Å². The van der Waals surface area contributed by atoms with E-state index in [0.29, 0.717) is 25.1 Å². The highest BCUT2D eigenvalue weighted by Gasteiger charge is 2.24. The number of carbonyl (C=O) groups excluding carboxylic acids is 2. The first-order chi connectivity index (χ1) is 12.1. The Balaban J connectivity index is 1.76. The summed E-state index contributed by atoms with van der Waals surface area (Å²) in [6, 6.07) is 13.3. The Labute approximate surface area is 155 Å². The monoisotopic (exact) mass is 401 g/mol. The van der Waals surface area contributed by atoms with Crippen LogP contribution in [-0.4, -0.2) is 18.5 Å². The van der Waals surface area contributed by atoms with Gasteiger partial charge in [-0.15, -0.1) is 0 Å². The molecule has 0 unspecified atom stereocenters. The van der Waals surface area contributed by atoms with Gasteiger partial charge in [-0.05, 0) is 54.3 Å². The number of aryl methyl sites for hydroxylation is 1. The molecule has 130 valence electrons. The normalized spacial score (nSPS) is 13.5. The van der Waals surface area contributed by atoms with Crippen molar-refractivity contribution >= 4 is 33.5 Å². The highest BCUT2D eigenvalue weighted by Crippen LogP contribution is 2.31. The van der Waals surface area contributed by atoms with E-state index >= 15 is 0 Å². The summed E-state index contributed by atoms with van der Waals surface area (Å²) in [7, 11) is 0. The van der Waals surface area contributed by atoms with Crippen LogP contribution in [0.25, 0.3) is 0 Å². The van der Waals surface area contributed by atoms with Crippen LogP contribution >= 0.6 is 15.9 Å². The van der Waals surface area contributed by atoms with Crippen LogP contribution in [0, 0.1) is 0 Å². The molecule has 0 saturated carbocycles. The lowest BCUT2D eigenvalue weighted by Crippen LogP contribution is -2.34. The molecule has 1 aliphatic rings. The van der Waals surface area contributed by atoms with Crippen LogP contribution in [0.5, 0.6) is 0 Å². The molecule has 1 amide bonds. The van der Waals surface area contributed by atoms with E-state index in [0.717, 1.165) is 28.6 Å². The average Bonchev–Trinajstić information content (AvgIpc) is 2.62. The van der Waals surface area contributed by atoms with E-state index < -0.39 is 0 Å². The lowest BCUT2D eigenvalue weighted by molar-refractivity contribution is -0.119. The molecule has 1 heterocycles. The number of carbonyl (C=O) groups is 2. The summed E-state index contributed by atoms with van der Waals surface area (Å²) >= 11 is 3.48. The van der Waals surface area contributed by atoms with Gasteiger partial charge in [-0.3, -0.25) is 4.79 Å². The second-order valence-corrected chi connectivity index (χ2v) is 7.00. The SMILES string of the molecule is CCCOC(=O)c1ccc(CN2C(=O)CCc3cc(Br)ccc32)cc1. The predicted molar refractivity (Wildman–Crippen MR) is 101 cm³/mol. The minimum absolute atomic E-state index is 0.126. The summed E-state index contributed by atoms with van der Waals surface area (Å²) in [6.07, 6.45) is 2.09. The number of benzene rings is 2. The maximum atomic E-state index is 12.4. The largest absolute Gasteiger partial charge is 0.462 e. The van der Waals surface area contributed by atoms with Crippen molar-refractivity contribution in [3.63, 3.8) is 0 Å². The number of rotatable bonds is 5. The molecular formula is C20H20BrNO3. The molecule has 5 heteroatoms. The minimum Gasteiger partial charge on any atom is -0.462 e. The smallest absolute Gasteiger partial charge is 0.338 e. The quantitative estimate of drug-likeness (QED) is 0.693. The van der Waals surface area contributed by atoms with Crippen LogP contribution in [0.3, 0.4) is 0 Å². The van der Waals surface area contributed by atoms with Crippen LogP contribution in [0.1, 0.15) is 41.3 Å². The molecule has 0 radical (unpaired) electrons. The Bertz CT molecular complexity index is 786. The number of halogens is 1. The minimum atomic E-state index is -0.308. The molecule has 0 atom stereocenters. The number of hydrogen-bond acceptors (Lipinski definition) is 3. The van der Waals surface area contributed by atoms with Crippen molar-refractivity contribution in [1.82, 2.24) is 0 Å². The average molecular weight is 402 g/mol.